The molecular formula is C37H22N2. The van der Waals surface area contributed by atoms with Crippen LogP contribution in [0.1, 0.15) is 0 Å². The van der Waals surface area contributed by atoms with Gasteiger partial charge < -0.3 is 0 Å². The predicted molar refractivity (Wildman–Crippen MR) is 163 cm³/mol. The van der Waals surface area contributed by atoms with E-state index in [2.05, 4.69) is 126 Å². The molecule has 0 atom stereocenters. The van der Waals surface area contributed by atoms with Crippen molar-refractivity contribution in [3.63, 3.8) is 0 Å². The topological polar surface area (TPSA) is 17.8 Å². The zero-order valence-corrected chi connectivity index (χ0v) is 21.1. The van der Waals surface area contributed by atoms with Crippen LogP contribution in [0.4, 0.5) is 0 Å². The molecule has 0 bridgehead atoms. The van der Waals surface area contributed by atoms with E-state index in [1.165, 1.54) is 71.2 Å². The van der Waals surface area contributed by atoms with Crippen molar-refractivity contribution < 1.29 is 0 Å². The molecule has 2 heteroatoms. The molecule has 180 valence electrons. The summed E-state index contributed by atoms with van der Waals surface area (Å²) in [5.41, 5.74) is 11.2. The molecule has 0 saturated carbocycles. The van der Waals surface area contributed by atoms with E-state index in [4.69, 9.17) is 4.98 Å². The second-order valence-electron chi connectivity index (χ2n) is 10.3. The Morgan fingerprint density at radius 2 is 1.08 bits per heavy atom. The first-order valence-corrected chi connectivity index (χ1v) is 13.4. The van der Waals surface area contributed by atoms with E-state index in [1.807, 2.05) is 12.3 Å². The van der Waals surface area contributed by atoms with Crippen molar-refractivity contribution in [2.24, 2.45) is 0 Å². The fraction of sp³-hybridized carbons (Fsp3) is 0. The molecule has 0 N–H and O–H groups in total. The molecule has 0 unspecified atom stereocenters. The highest BCUT2D eigenvalue weighted by Crippen LogP contribution is 2.53. The first-order valence-electron chi connectivity index (χ1n) is 13.4. The van der Waals surface area contributed by atoms with E-state index in [0.717, 1.165) is 11.3 Å². The Hall–Kier alpha value is -5.21. The number of pyridine rings is 1. The Morgan fingerprint density at radius 3 is 1.92 bits per heavy atom. The maximum atomic E-state index is 4.77. The van der Waals surface area contributed by atoms with Gasteiger partial charge in [0, 0.05) is 22.7 Å². The minimum Gasteiger partial charge on any atom is -0.294 e. The molecule has 0 aliphatic heterocycles. The lowest BCUT2D eigenvalue weighted by Crippen LogP contribution is -1.95. The Labute approximate surface area is 225 Å². The van der Waals surface area contributed by atoms with E-state index in [1.54, 1.807) is 0 Å². The third kappa shape index (κ3) is 2.73. The smallest absolute Gasteiger partial charge is 0.145 e. The number of hydrogen-bond acceptors (Lipinski definition) is 1. The lowest BCUT2D eigenvalue weighted by Gasteiger charge is -2.16. The Kier molecular flexibility index (Phi) is 4.08. The molecular weight excluding hydrogens is 472 g/mol. The quantitative estimate of drug-likeness (QED) is 0.219. The van der Waals surface area contributed by atoms with Crippen LogP contribution in [0.25, 0.3) is 82.5 Å². The molecule has 1 aliphatic carbocycles. The molecule has 0 radical (unpaired) electrons. The lowest BCUT2D eigenvalue weighted by molar-refractivity contribution is 1.14. The molecule has 0 fully saturated rings. The standard InChI is InChI=1S/C37H22N2/c1-2-11-27-25(9-1)28-14-7-15-32-34(29-12-3-4-13-30(29)35(27)36(28)32)23-18-20-24(21-19-23)39-33-17-6-5-10-26(33)31-16-8-22-38-37(31)39/h1-22H. The second-order valence-corrected chi connectivity index (χ2v) is 10.3. The van der Waals surface area contributed by atoms with Gasteiger partial charge in [0.15, 0.2) is 0 Å². The van der Waals surface area contributed by atoms with Crippen LogP contribution in [-0.4, -0.2) is 9.55 Å². The second kappa shape index (κ2) is 7.66. The summed E-state index contributed by atoms with van der Waals surface area (Å²) in [5, 5.41) is 7.68. The van der Waals surface area contributed by atoms with Gasteiger partial charge in [0.1, 0.15) is 5.65 Å². The predicted octanol–water partition coefficient (Wildman–Crippen LogP) is 9.80. The van der Waals surface area contributed by atoms with E-state index in [-0.39, 0.29) is 0 Å². The first-order chi connectivity index (χ1) is 19.4. The molecule has 0 amide bonds. The summed E-state index contributed by atoms with van der Waals surface area (Å²) in [5.74, 6) is 0. The SMILES string of the molecule is c1ccc2c(c1)-c1cccc3c(-c4ccc(-n5c6ccccc6c6cccnc65)cc4)c4ccccc4c-2c13. The van der Waals surface area contributed by atoms with Gasteiger partial charge in [-0.2, -0.15) is 0 Å². The minimum absolute atomic E-state index is 0.986. The van der Waals surface area contributed by atoms with Gasteiger partial charge in [0.05, 0.1) is 5.52 Å². The van der Waals surface area contributed by atoms with Crippen LogP contribution < -0.4 is 0 Å². The van der Waals surface area contributed by atoms with Gasteiger partial charge in [-0.1, -0.05) is 97.1 Å². The average molecular weight is 495 g/mol. The van der Waals surface area contributed by atoms with Crippen LogP contribution in [0.5, 0.6) is 0 Å². The Morgan fingerprint density at radius 1 is 0.436 bits per heavy atom. The Bertz CT molecular complexity index is 2220. The highest BCUT2D eigenvalue weighted by Gasteiger charge is 2.25. The van der Waals surface area contributed by atoms with Crippen molar-refractivity contribution in [3.05, 3.63) is 134 Å². The maximum Gasteiger partial charge on any atom is 0.145 e. The van der Waals surface area contributed by atoms with Gasteiger partial charge in [-0.05, 0) is 85.3 Å². The number of aromatic nitrogens is 2. The van der Waals surface area contributed by atoms with Crippen molar-refractivity contribution in [2.75, 3.05) is 0 Å². The maximum absolute atomic E-state index is 4.77. The number of rotatable bonds is 2. The zero-order chi connectivity index (χ0) is 25.5. The summed E-state index contributed by atoms with van der Waals surface area (Å²) in [6.45, 7) is 0. The van der Waals surface area contributed by atoms with Gasteiger partial charge in [0.25, 0.3) is 0 Å². The molecule has 9 rings (SSSR count). The molecule has 1 aliphatic rings. The number of hydrogen-bond donors (Lipinski definition) is 0. The van der Waals surface area contributed by atoms with E-state index in [0.29, 0.717) is 0 Å². The van der Waals surface area contributed by atoms with Gasteiger partial charge in [-0.3, -0.25) is 4.57 Å². The summed E-state index contributed by atoms with van der Waals surface area (Å²) in [6, 6.07) is 46.2. The van der Waals surface area contributed by atoms with Crippen molar-refractivity contribution in [3.8, 4) is 39.1 Å². The van der Waals surface area contributed by atoms with Gasteiger partial charge >= 0.3 is 0 Å². The van der Waals surface area contributed by atoms with Crippen LogP contribution in [0, 0.1) is 0 Å². The van der Waals surface area contributed by atoms with Crippen LogP contribution in [0.2, 0.25) is 0 Å². The van der Waals surface area contributed by atoms with Crippen LogP contribution in [0.15, 0.2) is 134 Å². The van der Waals surface area contributed by atoms with E-state index < -0.39 is 0 Å². The molecule has 2 heterocycles. The van der Waals surface area contributed by atoms with Crippen LogP contribution >= 0.6 is 0 Å². The van der Waals surface area contributed by atoms with Crippen molar-refractivity contribution >= 4 is 43.5 Å². The van der Waals surface area contributed by atoms with E-state index in [9.17, 15) is 0 Å². The molecule has 2 aromatic heterocycles. The number of benzene rings is 6. The zero-order valence-electron chi connectivity index (χ0n) is 21.1. The minimum atomic E-state index is 0.986. The first kappa shape index (κ1) is 20.8. The van der Waals surface area contributed by atoms with Crippen LogP contribution in [-0.2, 0) is 0 Å². The summed E-state index contributed by atoms with van der Waals surface area (Å²) < 4.78 is 2.27. The lowest BCUT2D eigenvalue weighted by atomic mass is 9.88. The molecule has 2 nitrogen and oxygen atoms in total. The van der Waals surface area contributed by atoms with Crippen molar-refractivity contribution in [1.82, 2.24) is 9.55 Å². The molecule has 39 heavy (non-hydrogen) atoms. The Balaban J connectivity index is 1.32. The summed E-state index contributed by atoms with van der Waals surface area (Å²) >= 11 is 0. The summed E-state index contributed by atoms with van der Waals surface area (Å²) in [7, 11) is 0. The molecule has 0 spiro atoms. The fourth-order valence-corrected chi connectivity index (χ4v) is 6.81. The normalized spacial score (nSPS) is 12.1. The van der Waals surface area contributed by atoms with Crippen molar-refractivity contribution in [1.29, 1.82) is 0 Å². The fourth-order valence-electron chi connectivity index (χ4n) is 6.81. The third-order valence-corrected chi connectivity index (χ3v) is 8.38. The monoisotopic (exact) mass is 494 g/mol. The van der Waals surface area contributed by atoms with E-state index >= 15 is 0 Å². The highest BCUT2D eigenvalue weighted by molar-refractivity contribution is 6.29. The third-order valence-electron chi connectivity index (χ3n) is 8.38. The number of para-hydroxylation sites is 1. The molecule has 0 saturated heterocycles. The van der Waals surface area contributed by atoms with Crippen LogP contribution in [0.3, 0.4) is 0 Å². The number of nitrogens with zero attached hydrogens (tertiary/aromatic N) is 2. The van der Waals surface area contributed by atoms with Crippen molar-refractivity contribution in [2.45, 2.75) is 0 Å². The highest BCUT2D eigenvalue weighted by atomic mass is 15.0. The van der Waals surface area contributed by atoms with Gasteiger partial charge in [0.2, 0.25) is 0 Å². The molecule has 6 aromatic carbocycles. The number of fused-ring (bicyclic) bond motifs is 8. The van der Waals surface area contributed by atoms with Gasteiger partial charge in [-0.15, -0.1) is 0 Å². The summed E-state index contributed by atoms with van der Waals surface area (Å²) in [6.07, 6.45) is 1.88. The average Bonchev–Trinajstić information content (AvgIpc) is 3.52. The molecule has 8 aromatic rings. The van der Waals surface area contributed by atoms with Gasteiger partial charge in [-0.25, -0.2) is 4.98 Å². The largest absolute Gasteiger partial charge is 0.294 e. The summed E-state index contributed by atoms with van der Waals surface area (Å²) in [4.78, 5) is 4.77.